The fourth-order valence-corrected chi connectivity index (χ4v) is 5.76. The summed E-state index contributed by atoms with van der Waals surface area (Å²) in [5.74, 6) is -13.3. The molecule has 0 saturated heterocycles. The maximum absolute atomic E-state index is 14.5. The first-order valence-corrected chi connectivity index (χ1v) is 14.3. The van der Waals surface area contributed by atoms with E-state index in [1.807, 2.05) is 0 Å². The number of halogens is 7. The number of carbonyl (C=O) groups excluding carboxylic acids is 2. The lowest BCUT2D eigenvalue weighted by Gasteiger charge is -2.19. The van der Waals surface area contributed by atoms with E-state index in [2.05, 4.69) is 5.32 Å². The molecule has 0 radical (unpaired) electrons. The molecule has 1 atom stereocenters. The van der Waals surface area contributed by atoms with Gasteiger partial charge in [0.15, 0.2) is 23.3 Å². The lowest BCUT2D eigenvalue weighted by atomic mass is 9.98. The van der Waals surface area contributed by atoms with Crippen LogP contribution in [0.25, 0.3) is 10.8 Å². The minimum atomic E-state index is -5.75. The Morgan fingerprint density at radius 1 is 0.681 bits per heavy atom. The number of benzene rings is 5. The molecule has 6 nitrogen and oxygen atoms in total. The van der Waals surface area contributed by atoms with Crippen molar-refractivity contribution in [1.82, 2.24) is 0 Å². The summed E-state index contributed by atoms with van der Waals surface area (Å²) >= 11 is 0.825. The molecule has 0 fully saturated rings. The Balaban J connectivity index is 1.40. The van der Waals surface area contributed by atoms with E-state index in [0.717, 1.165) is 11.8 Å². The number of carboxylic acids is 1. The Bertz CT molecular complexity index is 1990. The number of rotatable bonds is 8. The number of hydrogen-bond donors (Lipinski definition) is 3. The van der Waals surface area contributed by atoms with Crippen LogP contribution in [0.15, 0.2) is 95.9 Å². The minimum Gasteiger partial charge on any atom is -0.478 e. The molecule has 0 aliphatic heterocycles. The molecule has 0 aliphatic carbocycles. The smallest absolute Gasteiger partial charge is 0.422 e. The van der Waals surface area contributed by atoms with Gasteiger partial charge in [-0.2, -0.15) is 13.2 Å². The summed E-state index contributed by atoms with van der Waals surface area (Å²) in [5.41, 5.74) is -3.90. The van der Waals surface area contributed by atoms with Gasteiger partial charge in [-0.05, 0) is 47.3 Å². The summed E-state index contributed by atoms with van der Waals surface area (Å²) in [4.78, 5) is 38.5. The van der Waals surface area contributed by atoms with Crippen molar-refractivity contribution in [3.63, 3.8) is 0 Å². The van der Waals surface area contributed by atoms with Gasteiger partial charge in [0, 0.05) is 21.5 Å². The monoisotopic (exact) mass is 672 g/mol. The largest absolute Gasteiger partial charge is 0.478 e. The van der Waals surface area contributed by atoms with Crippen LogP contribution in [0.1, 0.15) is 37.1 Å². The number of carboxylic acid groups (broad SMARTS) is 1. The Labute approximate surface area is 265 Å². The number of alkyl halides is 3. The van der Waals surface area contributed by atoms with Gasteiger partial charge >= 0.3 is 12.1 Å². The number of thioether (sulfide) groups is 1. The van der Waals surface area contributed by atoms with Gasteiger partial charge in [0.25, 0.3) is 5.91 Å². The molecule has 0 saturated carbocycles. The highest BCUT2D eigenvalue weighted by atomic mass is 32.2. The van der Waals surface area contributed by atoms with Crippen molar-refractivity contribution in [2.45, 2.75) is 16.3 Å². The van der Waals surface area contributed by atoms with Crippen molar-refractivity contribution in [1.29, 1.82) is 0 Å². The maximum atomic E-state index is 14.5. The van der Waals surface area contributed by atoms with E-state index in [0.29, 0.717) is 10.3 Å². The van der Waals surface area contributed by atoms with E-state index >= 15 is 0 Å². The van der Waals surface area contributed by atoms with E-state index in [1.165, 1.54) is 60.7 Å². The highest BCUT2D eigenvalue weighted by Crippen LogP contribution is 2.41. The first-order chi connectivity index (χ1) is 22.3. The summed E-state index contributed by atoms with van der Waals surface area (Å²) in [7, 11) is 0. The van der Waals surface area contributed by atoms with E-state index in [9.17, 15) is 50.2 Å². The average molecular weight is 673 g/mol. The number of hydrogen-bond acceptors (Lipinski definition) is 4. The predicted molar refractivity (Wildman–Crippen MR) is 160 cm³/mol. The number of carbonyl (C=O) groups is 3. The van der Waals surface area contributed by atoms with Crippen LogP contribution < -0.4 is 10.6 Å². The van der Waals surface area contributed by atoms with Crippen LogP contribution in [0.4, 0.5) is 42.1 Å². The van der Waals surface area contributed by atoms with E-state index in [1.54, 1.807) is 35.6 Å². The third-order valence-electron chi connectivity index (χ3n) is 6.88. The fourth-order valence-electron chi connectivity index (χ4n) is 4.74. The average Bonchev–Trinajstić information content (AvgIpc) is 3.04. The van der Waals surface area contributed by atoms with Gasteiger partial charge in [-0.3, -0.25) is 9.59 Å². The van der Waals surface area contributed by atoms with E-state index < -0.39 is 63.7 Å². The van der Waals surface area contributed by atoms with Crippen LogP contribution >= 0.6 is 11.8 Å². The van der Waals surface area contributed by atoms with Gasteiger partial charge in [0.2, 0.25) is 5.91 Å². The molecular weight excluding hydrogens is 653 g/mol. The third-order valence-corrected chi connectivity index (χ3v) is 8.15. The van der Waals surface area contributed by atoms with E-state index in [4.69, 9.17) is 0 Å². The number of anilines is 2. The summed E-state index contributed by atoms with van der Waals surface area (Å²) in [6.45, 7) is 0. The normalized spacial score (nSPS) is 12.1. The second-order valence-corrected chi connectivity index (χ2v) is 11.1. The van der Waals surface area contributed by atoms with Crippen LogP contribution in [0.3, 0.4) is 0 Å². The quantitative estimate of drug-likeness (QED) is 0.0870. The second kappa shape index (κ2) is 13.2. The van der Waals surface area contributed by atoms with Crippen LogP contribution in [0, 0.1) is 23.3 Å². The number of aromatic carboxylic acids is 1. The number of fused-ring (bicyclic) bond motifs is 1. The Morgan fingerprint density at radius 2 is 1.26 bits per heavy atom. The zero-order valence-corrected chi connectivity index (χ0v) is 24.3. The molecule has 14 heteroatoms. The second-order valence-electron chi connectivity index (χ2n) is 9.89. The molecule has 5 aromatic rings. The van der Waals surface area contributed by atoms with Crippen molar-refractivity contribution in [2.24, 2.45) is 0 Å². The zero-order valence-electron chi connectivity index (χ0n) is 23.5. The van der Waals surface area contributed by atoms with Crippen molar-refractivity contribution >= 4 is 51.7 Å². The highest BCUT2D eigenvalue weighted by molar-refractivity contribution is 8.00. The van der Waals surface area contributed by atoms with Crippen molar-refractivity contribution in [3.05, 3.63) is 137 Å². The van der Waals surface area contributed by atoms with Gasteiger partial charge < -0.3 is 15.7 Å². The number of nitrogens with one attached hydrogen (secondary N) is 2. The minimum absolute atomic E-state index is 0.0632. The molecule has 0 bridgehead atoms. The summed E-state index contributed by atoms with van der Waals surface area (Å²) < 4.78 is 96.4. The predicted octanol–water partition coefficient (Wildman–Crippen LogP) is 8.84. The Kier molecular flexibility index (Phi) is 9.24. The lowest BCUT2D eigenvalue weighted by Crippen LogP contribution is -2.23. The first kappa shape index (κ1) is 33.0. The van der Waals surface area contributed by atoms with Gasteiger partial charge in [-0.25, -0.2) is 22.4 Å². The van der Waals surface area contributed by atoms with Crippen molar-refractivity contribution in [3.8, 4) is 0 Å². The first-order valence-electron chi connectivity index (χ1n) is 13.4. The van der Waals surface area contributed by atoms with Crippen LogP contribution in [0.2, 0.25) is 0 Å². The van der Waals surface area contributed by atoms with E-state index in [-0.39, 0.29) is 27.8 Å². The molecule has 2 amide bonds. The lowest BCUT2D eigenvalue weighted by molar-refractivity contribution is -0.143. The highest BCUT2D eigenvalue weighted by Gasteiger charge is 2.43. The van der Waals surface area contributed by atoms with Gasteiger partial charge in [-0.1, -0.05) is 54.6 Å². The Morgan fingerprint density at radius 3 is 1.81 bits per heavy atom. The molecule has 0 spiro atoms. The van der Waals surface area contributed by atoms with Gasteiger partial charge in [0.1, 0.15) is 16.5 Å². The van der Waals surface area contributed by atoms with Crippen molar-refractivity contribution < 1.29 is 50.2 Å². The molecule has 240 valence electrons. The van der Waals surface area contributed by atoms with Gasteiger partial charge in [0.05, 0.1) is 5.56 Å². The molecule has 0 aliphatic rings. The molecular formula is C33H19F7N2O4S. The summed E-state index contributed by atoms with van der Waals surface area (Å²) in [6, 6.07) is 22.8. The fraction of sp³-hybridized carbons (Fsp3) is 0.0606. The molecule has 5 aromatic carbocycles. The van der Waals surface area contributed by atoms with Crippen LogP contribution in [-0.4, -0.2) is 22.9 Å². The molecule has 0 heterocycles. The topological polar surface area (TPSA) is 95.5 Å². The standard InChI is InChI=1S/C33H19F7N2O4S/c34-24-23(33(38,39)40)25(35)27(37)28(26(24)36)42-31(44)29(17-6-2-1-3-7-17)47-19-14-12-18(13-15-19)41-30(43)20-10-4-8-16-9-5-11-21(22(16)20)32(45)46/h1-15,29H,(H,41,43)(H,42,44)(H,45,46). The molecule has 3 N–H and O–H groups in total. The molecule has 47 heavy (non-hydrogen) atoms. The van der Waals surface area contributed by atoms with Crippen LogP contribution in [-0.2, 0) is 11.0 Å². The molecule has 0 aromatic heterocycles. The third kappa shape index (κ3) is 6.77. The Hall–Kier alpha value is -5.37. The zero-order chi connectivity index (χ0) is 34.0. The maximum Gasteiger partial charge on any atom is 0.422 e. The summed E-state index contributed by atoms with van der Waals surface area (Å²) in [6.07, 6.45) is -5.75. The number of amides is 2. The SMILES string of the molecule is O=C(O)c1cccc2cccc(C(=O)Nc3ccc(SC(C(=O)Nc4c(F)c(F)c(C(F)(F)F)c(F)c4F)c4ccccc4)cc3)c12. The van der Waals surface area contributed by atoms with Crippen LogP contribution in [0.5, 0.6) is 0 Å². The summed E-state index contributed by atoms with van der Waals surface area (Å²) in [5, 5.41) is 13.4. The molecule has 5 rings (SSSR count). The van der Waals surface area contributed by atoms with Crippen molar-refractivity contribution in [2.75, 3.05) is 10.6 Å². The van der Waals surface area contributed by atoms with Gasteiger partial charge in [-0.15, -0.1) is 11.8 Å². The molecule has 1 unspecified atom stereocenters.